The van der Waals surface area contributed by atoms with E-state index in [9.17, 15) is 9.59 Å². The third kappa shape index (κ3) is 6.09. The lowest BCUT2D eigenvalue weighted by Crippen LogP contribution is -2.34. The predicted octanol–water partition coefficient (Wildman–Crippen LogP) is 3.10. The van der Waals surface area contributed by atoms with E-state index in [4.69, 9.17) is 12.2 Å². The van der Waals surface area contributed by atoms with Gasteiger partial charge in [-0.15, -0.1) is 0 Å². The Morgan fingerprint density at radius 1 is 1.08 bits per heavy atom. The average molecular weight is 467 g/mol. The number of thiocarbonyl (C=S) groups is 1. The van der Waals surface area contributed by atoms with E-state index in [0.717, 1.165) is 14.8 Å². The minimum atomic E-state index is -0.246. The molecular weight excluding hydrogens is 449 g/mol. The molecule has 0 aliphatic rings. The fourth-order valence-electron chi connectivity index (χ4n) is 2.12. The molecule has 0 saturated heterocycles. The van der Waals surface area contributed by atoms with Crippen LogP contribution in [0.4, 0.5) is 5.69 Å². The summed E-state index contributed by atoms with van der Waals surface area (Å²) in [6.45, 7) is 0. The molecule has 0 saturated carbocycles. The van der Waals surface area contributed by atoms with Crippen LogP contribution in [-0.4, -0.2) is 24.0 Å². The van der Waals surface area contributed by atoms with Crippen LogP contribution in [0, 0.1) is 3.57 Å². The van der Waals surface area contributed by atoms with Gasteiger partial charge < -0.3 is 10.6 Å². The molecule has 0 heterocycles. The molecule has 0 radical (unpaired) electrons. The van der Waals surface area contributed by atoms with Crippen molar-refractivity contribution in [3.63, 3.8) is 0 Å². The smallest absolute Gasteiger partial charge is 0.258 e. The lowest BCUT2D eigenvalue weighted by atomic mass is 10.1. The SMILES string of the molecule is CNC(=O)CCc1ccc(NC(=S)NC(=O)c2ccccc2I)cc1. The minimum absolute atomic E-state index is 0.0154. The first-order valence-electron chi connectivity index (χ1n) is 7.66. The number of rotatable bonds is 5. The maximum atomic E-state index is 12.2. The van der Waals surface area contributed by atoms with Crippen LogP contribution in [0.15, 0.2) is 48.5 Å². The quantitative estimate of drug-likeness (QED) is 0.467. The molecule has 0 aliphatic heterocycles. The zero-order valence-electron chi connectivity index (χ0n) is 13.6. The van der Waals surface area contributed by atoms with Crippen LogP contribution in [-0.2, 0) is 11.2 Å². The van der Waals surface area contributed by atoms with Gasteiger partial charge in [0.1, 0.15) is 0 Å². The van der Waals surface area contributed by atoms with Crippen LogP contribution in [0.2, 0.25) is 0 Å². The summed E-state index contributed by atoms with van der Waals surface area (Å²) in [4.78, 5) is 23.5. The summed E-state index contributed by atoms with van der Waals surface area (Å²) < 4.78 is 0.862. The summed E-state index contributed by atoms with van der Waals surface area (Å²) in [5, 5.41) is 8.49. The van der Waals surface area contributed by atoms with Crippen molar-refractivity contribution in [2.24, 2.45) is 0 Å². The summed E-state index contributed by atoms with van der Waals surface area (Å²) >= 11 is 7.30. The van der Waals surface area contributed by atoms with Crippen LogP contribution in [0.3, 0.4) is 0 Å². The Morgan fingerprint density at radius 2 is 1.76 bits per heavy atom. The van der Waals surface area contributed by atoms with Crippen molar-refractivity contribution in [1.29, 1.82) is 0 Å². The summed E-state index contributed by atoms with van der Waals surface area (Å²) in [5.41, 5.74) is 2.41. The largest absolute Gasteiger partial charge is 0.359 e. The Hall–Kier alpha value is -2.00. The number of halogens is 1. The van der Waals surface area contributed by atoms with Crippen LogP contribution in [0.5, 0.6) is 0 Å². The van der Waals surface area contributed by atoms with Crippen molar-refractivity contribution in [2.45, 2.75) is 12.8 Å². The number of amides is 2. The Kier molecular flexibility index (Phi) is 7.32. The fourth-order valence-corrected chi connectivity index (χ4v) is 2.96. The molecule has 3 N–H and O–H groups in total. The second-order valence-electron chi connectivity index (χ2n) is 5.26. The number of aryl methyl sites for hydroxylation is 1. The minimum Gasteiger partial charge on any atom is -0.359 e. The van der Waals surface area contributed by atoms with Crippen molar-refractivity contribution in [3.8, 4) is 0 Å². The van der Waals surface area contributed by atoms with Crippen molar-refractivity contribution >= 4 is 57.4 Å². The Labute approximate surface area is 165 Å². The summed E-state index contributed by atoms with van der Waals surface area (Å²) in [5.74, 6) is -0.230. The number of nitrogens with one attached hydrogen (secondary N) is 3. The lowest BCUT2D eigenvalue weighted by molar-refractivity contribution is -0.120. The Morgan fingerprint density at radius 3 is 2.40 bits per heavy atom. The molecule has 0 bridgehead atoms. The van der Waals surface area contributed by atoms with Gasteiger partial charge in [-0.3, -0.25) is 14.9 Å². The molecule has 0 atom stereocenters. The lowest BCUT2D eigenvalue weighted by Gasteiger charge is -2.11. The van der Waals surface area contributed by atoms with E-state index in [1.165, 1.54) is 0 Å². The first kappa shape index (κ1) is 19.3. The van der Waals surface area contributed by atoms with E-state index in [2.05, 4.69) is 38.5 Å². The summed E-state index contributed by atoms with van der Waals surface area (Å²) in [6.07, 6.45) is 1.13. The highest BCUT2D eigenvalue weighted by atomic mass is 127. The monoisotopic (exact) mass is 467 g/mol. The fraction of sp³-hybridized carbons (Fsp3) is 0.167. The first-order chi connectivity index (χ1) is 12.0. The van der Waals surface area contributed by atoms with Gasteiger partial charge in [-0.05, 0) is 71.1 Å². The Bertz CT molecular complexity index is 778. The van der Waals surface area contributed by atoms with Gasteiger partial charge in [-0.2, -0.15) is 0 Å². The molecule has 0 aliphatic carbocycles. The molecule has 130 valence electrons. The van der Waals surface area contributed by atoms with Gasteiger partial charge in [0.25, 0.3) is 5.91 Å². The third-order valence-electron chi connectivity index (χ3n) is 3.48. The van der Waals surface area contributed by atoms with Gasteiger partial charge in [-0.1, -0.05) is 24.3 Å². The van der Waals surface area contributed by atoms with Crippen LogP contribution < -0.4 is 16.0 Å². The average Bonchev–Trinajstić information content (AvgIpc) is 2.61. The molecule has 0 unspecified atom stereocenters. The first-order valence-corrected chi connectivity index (χ1v) is 9.14. The topological polar surface area (TPSA) is 70.2 Å². The van der Waals surface area contributed by atoms with E-state index in [-0.39, 0.29) is 16.9 Å². The van der Waals surface area contributed by atoms with Crippen LogP contribution in [0.1, 0.15) is 22.3 Å². The molecule has 2 aromatic rings. The number of hydrogen-bond donors (Lipinski definition) is 3. The maximum Gasteiger partial charge on any atom is 0.258 e. The van der Waals surface area contributed by atoms with Gasteiger partial charge in [0.15, 0.2) is 5.11 Å². The second kappa shape index (κ2) is 9.47. The molecule has 2 amide bonds. The summed E-state index contributed by atoms with van der Waals surface area (Å²) in [7, 11) is 1.63. The number of carbonyl (C=O) groups excluding carboxylic acids is 2. The second-order valence-corrected chi connectivity index (χ2v) is 6.83. The Balaban J connectivity index is 1.89. The molecule has 0 spiro atoms. The van der Waals surface area contributed by atoms with E-state index in [1.54, 1.807) is 13.1 Å². The van der Waals surface area contributed by atoms with Gasteiger partial charge in [-0.25, -0.2) is 0 Å². The normalized spacial score (nSPS) is 10.0. The predicted molar refractivity (Wildman–Crippen MR) is 112 cm³/mol. The molecule has 5 nitrogen and oxygen atoms in total. The van der Waals surface area contributed by atoms with E-state index in [0.29, 0.717) is 18.4 Å². The van der Waals surface area contributed by atoms with E-state index < -0.39 is 0 Å². The highest BCUT2D eigenvalue weighted by Crippen LogP contribution is 2.13. The molecule has 2 rings (SSSR count). The van der Waals surface area contributed by atoms with Gasteiger partial charge in [0.2, 0.25) is 5.91 Å². The highest BCUT2D eigenvalue weighted by Gasteiger charge is 2.10. The van der Waals surface area contributed by atoms with Crippen LogP contribution in [0.25, 0.3) is 0 Å². The van der Waals surface area contributed by atoms with E-state index >= 15 is 0 Å². The molecule has 25 heavy (non-hydrogen) atoms. The maximum absolute atomic E-state index is 12.2. The van der Waals surface area contributed by atoms with Crippen LogP contribution >= 0.6 is 34.8 Å². The summed E-state index contributed by atoms with van der Waals surface area (Å²) in [6, 6.07) is 14.9. The highest BCUT2D eigenvalue weighted by molar-refractivity contribution is 14.1. The number of hydrogen-bond acceptors (Lipinski definition) is 3. The van der Waals surface area contributed by atoms with Crippen molar-refractivity contribution < 1.29 is 9.59 Å². The van der Waals surface area contributed by atoms with Crippen molar-refractivity contribution in [3.05, 3.63) is 63.2 Å². The van der Waals surface area contributed by atoms with Gasteiger partial charge in [0.05, 0.1) is 5.56 Å². The van der Waals surface area contributed by atoms with Gasteiger partial charge in [0, 0.05) is 22.7 Å². The number of benzene rings is 2. The van der Waals surface area contributed by atoms with Crippen molar-refractivity contribution in [1.82, 2.24) is 10.6 Å². The number of carbonyl (C=O) groups is 2. The zero-order valence-corrected chi connectivity index (χ0v) is 16.6. The zero-order chi connectivity index (χ0) is 18.2. The van der Waals surface area contributed by atoms with E-state index in [1.807, 2.05) is 42.5 Å². The van der Waals surface area contributed by atoms with Gasteiger partial charge >= 0.3 is 0 Å². The molecule has 0 aromatic heterocycles. The van der Waals surface area contributed by atoms with Crippen molar-refractivity contribution in [2.75, 3.05) is 12.4 Å². The molecular formula is C18H18IN3O2S. The number of anilines is 1. The molecule has 7 heteroatoms. The standard InChI is InChI=1S/C18H18IN3O2S/c1-20-16(23)11-8-12-6-9-13(10-7-12)21-18(25)22-17(24)14-4-2-3-5-15(14)19/h2-7,9-10H,8,11H2,1H3,(H,20,23)(H2,21,22,24,25). The third-order valence-corrected chi connectivity index (χ3v) is 4.62. The molecule has 0 fully saturated rings. The molecule has 2 aromatic carbocycles.